The lowest BCUT2D eigenvalue weighted by Crippen LogP contribution is -2.36. The third-order valence-electron chi connectivity index (χ3n) is 3.32. The van der Waals surface area contributed by atoms with E-state index in [1.165, 1.54) is 5.56 Å². The van der Waals surface area contributed by atoms with E-state index in [0.29, 0.717) is 0 Å². The Bertz CT molecular complexity index is 465. The molecule has 1 aromatic heterocycles. The average molecular weight is 262 g/mol. The number of hydrogen-bond acceptors (Lipinski definition) is 3. The monoisotopic (exact) mass is 262 g/mol. The third-order valence-corrected chi connectivity index (χ3v) is 3.32. The predicted octanol–water partition coefficient (Wildman–Crippen LogP) is 3.46. The first-order chi connectivity index (χ1) is 8.88. The molecule has 1 atom stereocenters. The lowest BCUT2D eigenvalue weighted by atomic mass is 10.0. The Morgan fingerprint density at radius 1 is 1.47 bits per heavy atom. The lowest BCUT2D eigenvalue weighted by Gasteiger charge is -2.29. The molecule has 104 valence electrons. The van der Waals surface area contributed by atoms with E-state index >= 15 is 0 Å². The molecule has 19 heavy (non-hydrogen) atoms. The SMILES string of the molecule is Cc1ccncc1[C@H]1CCCN1C(=O)OC(C)(C)C. The molecule has 2 rings (SSSR count). The number of nitrogens with zero attached hydrogens (tertiary/aromatic N) is 2. The Morgan fingerprint density at radius 3 is 2.84 bits per heavy atom. The predicted molar refractivity (Wildman–Crippen MR) is 73.9 cm³/mol. The van der Waals surface area contributed by atoms with E-state index in [1.807, 2.05) is 37.9 Å². The molecule has 4 heteroatoms. The van der Waals surface area contributed by atoms with Crippen LogP contribution in [0.4, 0.5) is 4.79 Å². The van der Waals surface area contributed by atoms with Crippen LogP contribution in [0.5, 0.6) is 0 Å². The number of rotatable bonds is 1. The third kappa shape index (κ3) is 3.25. The topological polar surface area (TPSA) is 42.4 Å². The van der Waals surface area contributed by atoms with Gasteiger partial charge < -0.3 is 9.64 Å². The summed E-state index contributed by atoms with van der Waals surface area (Å²) in [7, 11) is 0. The van der Waals surface area contributed by atoms with Crippen molar-refractivity contribution in [3.05, 3.63) is 29.6 Å². The van der Waals surface area contributed by atoms with Gasteiger partial charge in [-0.2, -0.15) is 0 Å². The van der Waals surface area contributed by atoms with Gasteiger partial charge in [0.05, 0.1) is 6.04 Å². The zero-order valence-electron chi connectivity index (χ0n) is 12.1. The Hall–Kier alpha value is -1.58. The molecule has 1 aliphatic rings. The van der Waals surface area contributed by atoms with Crippen molar-refractivity contribution in [1.29, 1.82) is 0 Å². The highest BCUT2D eigenvalue weighted by Crippen LogP contribution is 2.34. The minimum atomic E-state index is -0.450. The van der Waals surface area contributed by atoms with Gasteiger partial charge in [-0.1, -0.05) is 0 Å². The number of aryl methyl sites for hydroxylation is 1. The summed E-state index contributed by atoms with van der Waals surface area (Å²) in [5.74, 6) is 0. The molecule has 0 spiro atoms. The number of carbonyl (C=O) groups is 1. The number of pyridine rings is 1. The van der Waals surface area contributed by atoms with Gasteiger partial charge in [0, 0.05) is 18.9 Å². The molecule has 1 aromatic rings. The van der Waals surface area contributed by atoms with Crippen LogP contribution < -0.4 is 0 Å². The number of carbonyl (C=O) groups excluding carboxylic acids is 1. The van der Waals surface area contributed by atoms with Gasteiger partial charge >= 0.3 is 6.09 Å². The fourth-order valence-corrected chi connectivity index (χ4v) is 2.45. The van der Waals surface area contributed by atoms with E-state index < -0.39 is 5.60 Å². The molecule has 2 heterocycles. The molecule has 1 amide bonds. The standard InChI is InChI=1S/C15H22N2O2/c1-11-7-8-16-10-12(11)13-6-5-9-17(13)14(18)19-15(2,3)4/h7-8,10,13H,5-6,9H2,1-4H3/t13-/m1/s1. The lowest BCUT2D eigenvalue weighted by molar-refractivity contribution is 0.0224. The quantitative estimate of drug-likeness (QED) is 0.778. The second-order valence-corrected chi connectivity index (χ2v) is 6.06. The molecule has 0 radical (unpaired) electrons. The molecule has 0 bridgehead atoms. The van der Waals surface area contributed by atoms with E-state index in [0.717, 1.165) is 24.9 Å². The zero-order valence-corrected chi connectivity index (χ0v) is 12.1. The summed E-state index contributed by atoms with van der Waals surface area (Å²) in [6, 6.07) is 2.09. The van der Waals surface area contributed by atoms with Crippen molar-refractivity contribution in [2.24, 2.45) is 0 Å². The van der Waals surface area contributed by atoms with E-state index in [1.54, 1.807) is 6.20 Å². The maximum Gasteiger partial charge on any atom is 0.410 e. The van der Waals surface area contributed by atoms with E-state index in [2.05, 4.69) is 11.9 Å². The van der Waals surface area contributed by atoms with Crippen molar-refractivity contribution < 1.29 is 9.53 Å². The fourth-order valence-electron chi connectivity index (χ4n) is 2.45. The van der Waals surface area contributed by atoms with Gasteiger partial charge in [0.1, 0.15) is 5.60 Å². The van der Waals surface area contributed by atoms with Gasteiger partial charge in [0.15, 0.2) is 0 Å². The Morgan fingerprint density at radius 2 is 2.21 bits per heavy atom. The maximum atomic E-state index is 12.2. The first-order valence-electron chi connectivity index (χ1n) is 6.78. The summed E-state index contributed by atoms with van der Waals surface area (Å²) in [5.41, 5.74) is 1.86. The first-order valence-corrected chi connectivity index (χ1v) is 6.78. The van der Waals surface area contributed by atoms with Crippen LogP contribution in [0.25, 0.3) is 0 Å². The highest BCUT2D eigenvalue weighted by Gasteiger charge is 2.33. The van der Waals surface area contributed by atoms with Gasteiger partial charge in [-0.05, 0) is 57.7 Å². The Kier molecular flexibility index (Phi) is 3.78. The largest absolute Gasteiger partial charge is 0.444 e. The van der Waals surface area contributed by atoms with Gasteiger partial charge in [-0.15, -0.1) is 0 Å². The first kappa shape index (κ1) is 13.8. The molecule has 0 aliphatic carbocycles. The van der Waals surface area contributed by atoms with Crippen LogP contribution >= 0.6 is 0 Å². The molecule has 1 fully saturated rings. The van der Waals surface area contributed by atoms with Crippen LogP contribution in [0.3, 0.4) is 0 Å². The van der Waals surface area contributed by atoms with Crippen LogP contribution in [0, 0.1) is 6.92 Å². The van der Waals surface area contributed by atoms with Crippen molar-refractivity contribution in [1.82, 2.24) is 9.88 Å². The summed E-state index contributed by atoms with van der Waals surface area (Å²) < 4.78 is 5.48. The van der Waals surface area contributed by atoms with Crippen LogP contribution in [-0.2, 0) is 4.74 Å². The molecule has 0 unspecified atom stereocenters. The number of likely N-dealkylation sites (tertiary alicyclic amines) is 1. The molecule has 0 saturated carbocycles. The average Bonchev–Trinajstić information content (AvgIpc) is 2.76. The molecular formula is C15H22N2O2. The van der Waals surface area contributed by atoms with Gasteiger partial charge in [-0.3, -0.25) is 4.98 Å². The maximum absolute atomic E-state index is 12.2. The number of hydrogen-bond donors (Lipinski definition) is 0. The summed E-state index contributed by atoms with van der Waals surface area (Å²) in [6.07, 6.45) is 5.41. The highest BCUT2D eigenvalue weighted by molar-refractivity contribution is 5.69. The van der Waals surface area contributed by atoms with Crippen LogP contribution in [0.1, 0.15) is 50.8 Å². The highest BCUT2D eigenvalue weighted by atomic mass is 16.6. The van der Waals surface area contributed by atoms with Crippen LogP contribution in [-0.4, -0.2) is 28.1 Å². The molecule has 0 aromatic carbocycles. The van der Waals surface area contributed by atoms with Gasteiger partial charge in [-0.25, -0.2) is 4.79 Å². The Labute approximate surface area is 114 Å². The van der Waals surface area contributed by atoms with Crippen LogP contribution in [0.2, 0.25) is 0 Å². The summed E-state index contributed by atoms with van der Waals surface area (Å²) in [5, 5.41) is 0. The van der Waals surface area contributed by atoms with E-state index in [4.69, 9.17) is 4.74 Å². The molecule has 1 aliphatic heterocycles. The Balaban J connectivity index is 2.18. The van der Waals surface area contributed by atoms with Crippen molar-refractivity contribution in [3.63, 3.8) is 0 Å². The van der Waals surface area contributed by atoms with Crippen LogP contribution in [0.15, 0.2) is 18.5 Å². The molecule has 4 nitrogen and oxygen atoms in total. The minimum Gasteiger partial charge on any atom is -0.444 e. The second kappa shape index (κ2) is 5.19. The minimum absolute atomic E-state index is 0.101. The van der Waals surface area contributed by atoms with E-state index in [9.17, 15) is 4.79 Å². The summed E-state index contributed by atoms with van der Waals surface area (Å²) >= 11 is 0. The second-order valence-electron chi connectivity index (χ2n) is 6.06. The normalized spacial score (nSPS) is 19.6. The number of amides is 1. The van der Waals surface area contributed by atoms with Crippen molar-refractivity contribution in [2.45, 2.75) is 52.2 Å². The number of aromatic nitrogens is 1. The van der Waals surface area contributed by atoms with Crippen molar-refractivity contribution in [3.8, 4) is 0 Å². The van der Waals surface area contributed by atoms with Gasteiger partial charge in [0.25, 0.3) is 0 Å². The molecular weight excluding hydrogens is 240 g/mol. The summed E-state index contributed by atoms with van der Waals surface area (Å²) in [4.78, 5) is 18.2. The zero-order chi connectivity index (χ0) is 14.0. The van der Waals surface area contributed by atoms with Crippen molar-refractivity contribution >= 4 is 6.09 Å². The molecule has 1 saturated heterocycles. The summed E-state index contributed by atoms with van der Waals surface area (Å²) in [6.45, 7) is 8.50. The van der Waals surface area contributed by atoms with E-state index in [-0.39, 0.29) is 12.1 Å². The smallest absolute Gasteiger partial charge is 0.410 e. The van der Waals surface area contributed by atoms with Gasteiger partial charge in [0.2, 0.25) is 0 Å². The molecule has 0 N–H and O–H groups in total. The number of ether oxygens (including phenoxy) is 1. The fraction of sp³-hybridized carbons (Fsp3) is 0.600. The van der Waals surface area contributed by atoms with Crippen molar-refractivity contribution in [2.75, 3.05) is 6.54 Å².